The highest BCUT2D eigenvalue weighted by molar-refractivity contribution is 5.60. The van der Waals surface area contributed by atoms with Gasteiger partial charge in [0, 0.05) is 51.4 Å². The van der Waals surface area contributed by atoms with Crippen LogP contribution in [0.1, 0.15) is 19.3 Å². The van der Waals surface area contributed by atoms with E-state index in [2.05, 4.69) is 30.7 Å². The molecular weight excluding hydrogens is 345 g/mol. The number of piperazine rings is 1. The van der Waals surface area contributed by atoms with Crippen LogP contribution >= 0.6 is 0 Å². The maximum absolute atomic E-state index is 13.5. The zero-order chi connectivity index (χ0) is 18.6. The van der Waals surface area contributed by atoms with Crippen molar-refractivity contribution >= 4 is 17.3 Å². The number of hydrogen-bond acceptors (Lipinski definition) is 6. The highest BCUT2D eigenvalue weighted by Crippen LogP contribution is 2.30. The summed E-state index contributed by atoms with van der Waals surface area (Å²) < 4.78 is 18.8. The number of ether oxygens (including phenoxy) is 1. The maximum Gasteiger partial charge on any atom is 0.145 e. The lowest BCUT2D eigenvalue weighted by molar-refractivity contribution is 0.410. The largest absolute Gasteiger partial charge is 0.494 e. The van der Waals surface area contributed by atoms with Gasteiger partial charge in [0.15, 0.2) is 0 Å². The Kier molecular flexibility index (Phi) is 5.27. The van der Waals surface area contributed by atoms with Gasteiger partial charge < -0.3 is 19.4 Å². The molecule has 144 valence electrons. The van der Waals surface area contributed by atoms with Crippen LogP contribution in [0.4, 0.5) is 21.7 Å². The van der Waals surface area contributed by atoms with Crippen molar-refractivity contribution in [2.75, 3.05) is 61.1 Å². The molecule has 2 saturated heterocycles. The Morgan fingerprint density at radius 2 is 1.44 bits per heavy atom. The predicted octanol–water partition coefficient (Wildman–Crippen LogP) is 2.94. The Labute approximate surface area is 159 Å². The van der Waals surface area contributed by atoms with E-state index in [4.69, 9.17) is 4.74 Å². The third kappa shape index (κ3) is 3.91. The third-order valence-corrected chi connectivity index (χ3v) is 5.40. The minimum atomic E-state index is -0.277. The van der Waals surface area contributed by atoms with Crippen molar-refractivity contribution in [1.29, 1.82) is 0 Å². The zero-order valence-electron chi connectivity index (χ0n) is 15.8. The van der Waals surface area contributed by atoms with E-state index < -0.39 is 0 Å². The summed E-state index contributed by atoms with van der Waals surface area (Å²) in [5.74, 6) is 2.32. The number of methoxy groups -OCH3 is 1. The van der Waals surface area contributed by atoms with Crippen molar-refractivity contribution in [1.82, 2.24) is 9.97 Å². The quantitative estimate of drug-likeness (QED) is 0.823. The molecule has 2 aliphatic rings. The molecule has 2 aliphatic heterocycles. The fourth-order valence-corrected chi connectivity index (χ4v) is 3.90. The number of rotatable bonds is 4. The third-order valence-electron chi connectivity index (χ3n) is 5.40. The fourth-order valence-electron chi connectivity index (χ4n) is 3.90. The molecule has 2 fully saturated rings. The van der Waals surface area contributed by atoms with Crippen molar-refractivity contribution < 1.29 is 9.13 Å². The molecule has 7 heteroatoms. The summed E-state index contributed by atoms with van der Waals surface area (Å²) >= 11 is 0. The van der Waals surface area contributed by atoms with E-state index in [9.17, 15) is 4.39 Å². The van der Waals surface area contributed by atoms with E-state index in [1.54, 1.807) is 19.5 Å². The molecule has 3 heterocycles. The van der Waals surface area contributed by atoms with E-state index in [-0.39, 0.29) is 5.82 Å². The van der Waals surface area contributed by atoms with Gasteiger partial charge in [-0.3, -0.25) is 0 Å². The summed E-state index contributed by atoms with van der Waals surface area (Å²) in [7, 11) is 1.58. The molecule has 0 radical (unpaired) electrons. The lowest BCUT2D eigenvalue weighted by atomic mass is 10.1. The van der Waals surface area contributed by atoms with Gasteiger partial charge in [0.2, 0.25) is 0 Å². The first-order valence-corrected chi connectivity index (χ1v) is 9.65. The summed E-state index contributed by atoms with van der Waals surface area (Å²) in [6.07, 6.45) is 5.45. The molecule has 0 bridgehead atoms. The van der Waals surface area contributed by atoms with Gasteiger partial charge in [0.25, 0.3) is 0 Å². The summed E-state index contributed by atoms with van der Waals surface area (Å²) in [5.41, 5.74) is 0.940. The van der Waals surface area contributed by atoms with E-state index in [1.807, 2.05) is 0 Å². The second-order valence-electron chi connectivity index (χ2n) is 7.07. The lowest BCUT2D eigenvalue weighted by Crippen LogP contribution is -2.47. The number of piperidine rings is 1. The van der Waals surface area contributed by atoms with E-state index in [0.29, 0.717) is 5.75 Å². The first-order chi connectivity index (χ1) is 13.2. The van der Waals surface area contributed by atoms with Crippen LogP contribution in [-0.2, 0) is 0 Å². The smallest absolute Gasteiger partial charge is 0.145 e. The summed E-state index contributed by atoms with van der Waals surface area (Å²) in [4.78, 5) is 15.9. The fraction of sp³-hybridized carbons (Fsp3) is 0.500. The average Bonchev–Trinajstić information content (AvgIpc) is 2.74. The molecule has 4 rings (SSSR count). The van der Waals surface area contributed by atoms with Crippen molar-refractivity contribution in [2.24, 2.45) is 0 Å². The highest BCUT2D eigenvalue weighted by atomic mass is 19.1. The number of benzene rings is 1. The molecule has 27 heavy (non-hydrogen) atoms. The van der Waals surface area contributed by atoms with Gasteiger partial charge in [-0.1, -0.05) is 0 Å². The van der Waals surface area contributed by atoms with Crippen LogP contribution in [0.25, 0.3) is 0 Å². The van der Waals surface area contributed by atoms with Crippen LogP contribution in [0.5, 0.6) is 5.75 Å². The van der Waals surface area contributed by atoms with Gasteiger partial charge in [0.05, 0.1) is 12.8 Å². The second kappa shape index (κ2) is 7.98. The van der Waals surface area contributed by atoms with Crippen LogP contribution in [0.15, 0.2) is 30.6 Å². The number of hydrogen-bond donors (Lipinski definition) is 0. The molecule has 0 unspecified atom stereocenters. The Morgan fingerprint density at radius 3 is 2.11 bits per heavy atom. The number of nitrogens with zero attached hydrogens (tertiary/aromatic N) is 5. The SMILES string of the molecule is COc1cc(F)ccc1N1CCN(c2cc(N3CCCCC3)ncn2)CC1. The molecule has 2 aromatic rings. The van der Waals surface area contributed by atoms with Crippen LogP contribution < -0.4 is 19.4 Å². The number of halogens is 1. The van der Waals surface area contributed by atoms with E-state index in [0.717, 1.165) is 56.6 Å². The molecule has 1 aromatic carbocycles. The Morgan fingerprint density at radius 1 is 0.815 bits per heavy atom. The van der Waals surface area contributed by atoms with Crippen molar-refractivity contribution in [3.63, 3.8) is 0 Å². The van der Waals surface area contributed by atoms with Gasteiger partial charge in [-0.15, -0.1) is 0 Å². The van der Waals surface area contributed by atoms with Crippen LogP contribution in [0.3, 0.4) is 0 Å². The second-order valence-corrected chi connectivity index (χ2v) is 7.07. The maximum atomic E-state index is 13.5. The first-order valence-electron chi connectivity index (χ1n) is 9.65. The van der Waals surface area contributed by atoms with Crippen LogP contribution in [0, 0.1) is 5.82 Å². The minimum Gasteiger partial charge on any atom is -0.494 e. The van der Waals surface area contributed by atoms with Crippen LogP contribution in [0.2, 0.25) is 0 Å². The monoisotopic (exact) mass is 371 g/mol. The summed E-state index contributed by atoms with van der Waals surface area (Å²) in [6, 6.07) is 6.83. The number of aromatic nitrogens is 2. The van der Waals surface area contributed by atoms with Crippen molar-refractivity contribution in [3.05, 3.63) is 36.4 Å². The molecule has 0 atom stereocenters. The predicted molar refractivity (Wildman–Crippen MR) is 105 cm³/mol. The number of anilines is 3. The topological polar surface area (TPSA) is 44.7 Å². The zero-order valence-corrected chi connectivity index (χ0v) is 15.8. The van der Waals surface area contributed by atoms with Crippen molar-refractivity contribution in [2.45, 2.75) is 19.3 Å². The molecule has 0 N–H and O–H groups in total. The minimum absolute atomic E-state index is 0.277. The van der Waals surface area contributed by atoms with Gasteiger partial charge >= 0.3 is 0 Å². The molecule has 6 nitrogen and oxygen atoms in total. The van der Waals surface area contributed by atoms with Gasteiger partial charge in [-0.2, -0.15) is 0 Å². The highest BCUT2D eigenvalue weighted by Gasteiger charge is 2.22. The van der Waals surface area contributed by atoms with Gasteiger partial charge in [-0.05, 0) is 31.4 Å². The standard InChI is InChI=1S/C20H26FN5O/c1-27-18-13-16(21)5-6-17(18)24-9-11-26(12-10-24)20-14-19(22-15-23-20)25-7-3-2-4-8-25/h5-6,13-15H,2-4,7-12H2,1H3. The Bertz CT molecular complexity index is 773. The van der Waals surface area contributed by atoms with Crippen LogP contribution in [-0.4, -0.2) is 56.3 Å². The summed E-state index contributed by atoms with van der Waals surface area (Å²) in [6.45, 7) is 5.55. The molecule has 0 saturated carbocycles. The molecule has 0 spiro atoms. The first kappa shape index (κ1) is 17.8. The van der Waals surface area contributed by atoms with E-state index >= 15 is 0 Å². The Hall–Kier alpha value is -2.57. The van der Waals surface area contributed by atoms with Gasteiger partial charge in [0.1, 0.15) is 29.5 Å². The van der Waals surface area contributed by atoms with E-state index in [1.165, 1.54) is 31.4 Å². The average molecular weight is 371 g/mol. The molecule has 0 amide bonds. The molecule has 0 aliphatic carbocycles. The molecule has 1 aromatic heterocycles. The van der Waals surface area contributed by atoms with Gasteiger partial charge in [-0.25, -0.2) is 14.4 Å². The Balaban J connectivity index is 1.43. The normalized spacial score (nSPS) is 17.9. The van der Waals surface area contributed by atoms with Crippen molar-refractivity contribution in [3.8, 4) is 5.75 Å². The molecular formula is C20H26FN5O. The lowest BCUT2D eigenvalue weighted by Gasteiger charge is -2.37. The summed E-state index contributed by atoms with van der Waals surface area (Å²) in [5, 5.41) is 0.